The summed E-state index contributed by atoms with van der Waals surface area (Å²) in [5.74, 6) is 0. The minimum atomic E-state index is -0.278. The standard InChI is InChI=1S/C10H15N.3HI.V/c1-8-5-6-9(2)10(7-8)11(3)4;;;;/h5-7H,1-4H3;3*1H;/q;;;;+3/p-3. The van der Waals surface area contributed by atoms with Crippen molar-refractivity contribution in [2.24, 2.45) is 0 Å². The fraction of sp³-hybridized carbons (Fsp3) is 0.400. The van der Waals surface area contributed by atoms with E-state index in [1.165, 1.54) is 16.8 Å². The molecule has 1 aromatic carbocycles. The van der Waals surface area contributed by atoms with E-state index >= 15 is 0 Å². The molecule has 0 aliphatic heterocycles. The molecule has 0 atom stereocenters. The van der Waals surface area contributed by atoms with Gasteiger partial charge >= 0.3 is 64.9 Å². The zero-order chi connectivity index (χ0) is 12.0. The number of hydrogen-bond donors (Lipinski definition) is 0. The SMILES string of the molecule is Cc1ccc(C)c(N(C)C)c1.[I][V]([I])[I]. The van der Waals surface area contributed by atoms with Gasteiger partial charge in [-0.05, 0) is 31.0 Å². The Bertz CT molecular complexity index is 300. The van der Waals surface area contributed by atoms with E-state index in [4.69, 9.17) is 0 Å². The molecule has 0 saturated heterocycles. The van der Waals surface area contributed by atoms with E-state index in [-0.39, 0.29) is 4.92 Å². The maximum atomic E-state index is 2.46. The quantitative estimate of drug-likeness (QED) is 0.422. The first kappa shape index (κ1) is 16.8. The van der Waals surface area contributed by atoms with Crippen LogP contribution in [0, 0.1) is 13.8 Å². The molecule has 0 unspecified atom stereocenters. The predicted molar refractivity (Wildman–Crippen MR) is 92.3 cm³/mol. The molecule has 5 heteroatoms. The Balaban J connectivity index is 0.000000423. The minimum absolute atomic E-state index is 0.278. The molecule has 1 nitrogen and oxygen atoms in total. The van der Waals surface area contributed by atoms with Crippen LogP contribution in [0.3, 0.4) is 0 Å². The normalized spacial score (nSPS) is 9.60. The van der Waals surface area contributed by atoms with Crippen LogP contribution in [0.4, 0.5) is 5.69 Å². The molecule has 0 radical (unpaired) electrons. The Morgan fingerprint density at radius 2 is 1.53 bits per heavy atom. The second-order valence-electron chi connectivity index (χ2n) is 3.38. The molecule has 0 aromatic heterocycles. The molecule has 86 valence electrons. The van der Waals surface area contributed by atoms with Gasteiger partial charge in [-0.3, -0.25) is 0 Å². The third kappa shape index (κ3) is 8.51. The Hall–Kier alpha value is 1.79. The molecule has 15 heavy (non-hydrogen) atoms. The maximum absolute atomic E-state index is 2.46. The molecular formula is C10H15I3NV. The molecule has 0 aliphatic carbocycles. The van der Waals surface area contributed by atoms with Crippen molar-refractivity contribution >= 4 is 65.6 Å². The molecule has 0 saturated carbocycles. The number of aryl methyl sites for hydroxylation is 2. The summed E-state index contributed by atoms with van der Waals surface area (Å²) in [5.41, 5.74) is 3.96. The Kier molecular flexibility index (Phi) is 9.88. The van der Waals surface area contributed by atoms with Crippen LogP contribution >= 0.6 is 59.9 Å². The summed E-state index contributed by atoms with van der Waals surface area (Å²) in [6.07, 6.45) is 0. The van der Waals surface area contributed by atoms with Crippen LogP contribution in [-0.2, 0) is 4.92 Å². The van der Waals surface area contributed by atoms with Gasteiger partial charge in [-0.2, -0.15) is 0 Å². The van der Waals surface area contributed by atoms with Crippen molar-refractivity contribution in [1.82, 2.24) is 0 Å². The molecule has 0 aliphatic rings. The first-order valence-electron chi connectivity index (χ1n) is 4.36. The van der Waals surface area contributed by atoms with Crippen LogP contribution in [-0.4, -0.2) is 14.1 Å². The first-order chi connectivity index (χ1) is 6.84. The second-order valence-corrected chi connectivity index (χ2v) is 38.7. The Morgan fingerprint density at radius 3 is 1.87 bits per heavy atom. The van der Waals surface area contributed by atoms with E-state index in [1.807, 2.05) is 0 Å². The van der Waals surface area contributed by atoms with Crippen molar-refractivity contribution in [1.29, 1.82) is 0 Å². The van der Waals surface area contributed by atoms with Gasteiger partial charge in [-0.25, -0.2) is 0 Å². The van der Waals surface area contributed by atoms with E-state index in [0.29, 0.717) is 0 Å². The molecule has 0 spiro atoms. The topological polar surface area (TPSA) is 3.24 Å². The Labute approximate surface area is 130 Å². The second kappa shape index (κ2) is 8.82. The van der Waals surface area contributed by atoms with Gasteiger partial charge in [0, 0.05) is 19.8 Å². The van der Waals surface area contributed by atoms with Crippen molar-refractivity contribution in [3.63, 3.8) is 0 Å². The zero-order valence-corrected chi connectivity index (χ0v) is 17.1. The van der Waals surface area contributed by atoms with Crippen LogP contribution in [0.2, 0.25) is 0 Å². The molecule has 0 N–H and O–H groups in total. The van der Waals surface area contributed by atoms with Crippen molar-refractivity contribution in [2.75, 3.05) is 19.0 Å². The van der Waals surface area contributed by atoms with Crippen LogP contribution in [0.15, 0.2) is 18.2 Å². The molecule has 1 rings (SSSR count). The molecule has 0 bridgehead atoms. The van der Waals surface area contributed by atoms with Crippen LogP contribution < -0.4 is 4.90 Å². The summed E-state index contributed by atoms with van der Waals surface area (Å²) in [6.45, 7) is 4.25. The first-order valence-corrected chi connectivity index (χ1v) is 17.9. The van der Waals surface area contributed by atoms with Crippen molar-refractivity contribution < 1.29 is 4.92 Å². The van der Waals surface area contributed by atoms with Gasteiger partial charge in [0.1, 0.15) is 0 Å². The van der Waals surface area contributed by atoms with Crippen molar-refractivity contribution in [3.8, 4) is 0 Å². The summed E-state index contributed by atoms with van der Waals surface area (Å²) in [5, 5.41) is 0. The van der Waals surface area contributed by atoms with E-state index in [1.54, 1.807) is 0 Å². The summed E-state index contributed by atoms with van der Waals surface area (Å²) < 4.78 is 0. The number of rotatable bonds is 1. The van der Waals surface area contributed by atoms with Gasteiger partial charge in [-0.1, -0.05) is 12.1 Å². The van der Waals surface area contributed by atoms with E-state index < -0.39 is 0 Å². The number of anilines is 1. The molecular weight excluding hydrogens is 566 g/mol. The number of nitrogens with zero attached hydrogens (tertiary/aromatic N) is 1. The summed E-state index contributed by atoms with van der Waals surface area (Å²) in [7, 11) is 4.14. The fourth-order valence-electron chi connectivity index (χ4n) is 1.20. The van der Waals surface area contributed by atoms with Crippen molar-refractivity contribution in [2.45, 2.75) is 13.8 Å². The number of halogens is 3. The number of hydrogen-bond acceptors (Lipinski definition) is 1. The molecule has 1 aromatic rings. The van der Waals surface area contributed by atoms with Gasteiger partial charge < -0.3 is 4.90 Å². The van der Waals surface area contributed by atoms with Crippen LogP contribution in [0.5, 0.6) is 0 Å². The number of benzene rings is 1. The third-order valence-electron chi connectivity index (χ3n) is 1.85. The van der Waals surface area contributed by atoms with Gasteiger partial charge in [0.05, 0.1) is 0 Å². The van der Waals surface area contributed by atoms with E-state index in [0.717, 1.165) is 0 Å². The van der Waals surface area contributed by atoms with Crippen molar-refractivity contribution in [3.05, 3.63) is 29.3 Å². The van der Waals surface area contributed by atoms with E-state index in [2.05, 4.69) is 111 Å². The molecule has 0 heterocycles. The zero-order valence-electron chi connectivity index (χ0n) is 9.26. The van der Waals surface area contributed by atoms with Gasteiger partial charge in [0.15, 0.2) is 0 Å². The average Bonchev–Trinajstić information content (AvgIpc) is 2.08. The Morgan fingerprint density at radius 1 is 1.07 bits per heavy atom. The predicted octanol–water partition coefficient (Wildman–Crippen LogP) is 5.02. The molecule has 0 fully saturated rings. The van der Waals surface area contributed by atoms with Gasteiger partial charge in [0.2, 0.25) is 0 Å². The van der Waals surface area contributed by atoms with Crippen LogP contribution in [0.1, 0.15) is 11.1 Å². The fourth-order valence-corrected chi connectivity index (χ4v) is 1.20. The monoisotopic (exact) mass is 581 g/mol. The van der Waals surface area contributed by atoms with E-state index in [9.17, 15) is 0 Å². The molecule has 0 amide bonds. The average molecular weight is 581 g/mol. The summed E-state index contributed by atoms with van der Waals surface area (Å²) in [4.78, 5) is 1.86. The van der Waals surface area contributed by atoms with Gasteiger partial charge in [0.25, 0.3) is 0 Å². The van der Waals surface area contributed by atoms with Crippen LogP contribution in [0.25, 0.3) is 0 Å². The third-order valence-corrected chi connectivity index (χ3v) is 1.85. The van der Waals surface area contributed by atoms with Gasteiger partial charge in [-0.15, -0.1) is 0 Å². The summed E-state index contributed by atoms with van der Waals surface area (Å²) in [6, 6.07) is 6.50. The summed E-state index contributed by atoms with van der Waals surface area (Å²) >= 11 is 7.39.